The minimum Gasteiger partial charge on any atom is -0.371 e. The number of hydrogen-bond donors (Lipinski definition) is 2. The Labute approximate surface area is 176 Å². The smallest absolute Gasteiger partial charge is 0.371 e. The van der Waals surface area contributed by atoms with Crippen LogP contribution >= 0.6 is 0 Å². The van der Waals surface area contributed by atoms with Crippen LogP contribution in [0.15, 0.2) is 52.3 Å². The highest BCUT2D eigenvalue weighted by atomic mass is 32.2. The van der Waals surface area contributed by atoms with Crippen molar-refractivity contribution in [1.29, 1.82) is 0 Å². The molecular weight excluding hydrogens is 466 g/mol. The van der Waals surface area contributed by atoms with Crippen molar-refractivity contribution < 1.29 is 43.7 Å². The average Bonchev–Trinajstić information content (AvgIpc) is 2.60. The molecule has 0 unspecified atom stereocenters. The molecule has 1 heterocycles. The Morgan fingerprint density at radius 2 is 1.58 bits per heavy atom. The standard InChI is InChI=1S/C11H11F4NO3S.C7H8O3S/c12-10-3-9(20(17,18)11(13,14)15)2-1-7(10)6-19-8-4-16-5-8;1-6-2-4-7(5-3-6)11(8,9)10/h1-3,8,16H,4-6H2;2-5H,1H3,(H,8,9,10). The second kappa shape index (κ2) is 9.61. The summed E-state index contributed by atoms with van der Waals surface area (Å²) in [6.45, 7) is 2.97. The Bertz CT molecular complexity index is 1110. The van der Waals surface area contributed by atoms with Crippen molar-refractivity contribution in [2.75, 3.05) is 13.1 Å². The second-order valence-corrected chi connectivity index (χ2v) is 9.94. The first kappa shape index (κ1) is 25.2. The first-order valence-electron chi connectivity index (χ1n) is 8.68. The molecule has 0 amide bonds. The van der Waals surface area contributed by atoms with Crippen LogP contribution in [0.4, 0.5) is 17.6 Å². The van der Waals surface area contributed by atoms with Gasteiger partial charge >= 0.3 is 5.51 Å². The van der Waals surface area contributed by atoms with Crippen LogP contribution < -0.4 is 5.32 Å². The highest BCUT2D eigenvalue weighted by Crippen LogP contribution is 2.31. The van der Waals surface area contributed by atoms with Gasteiger partial charge in [-0.25, -0.2) is 12.8 Å². The van der Waals surface area contributed by atoms with Crippen LogP contribution in [0.3, 0.4) is 0 Å². The largest absolute Gasteiger partial charge is 0.501 e. The van der Waals surface area contributed by atoms with Crippen LogP contribution in [-0.2, 0) is 31.3 Å². The zero-order chi connectivity index (χ0) is 23.4. The normalized spacial score (nSPS) is 15.0. The van der Waals surface area contributed by atoms with Crippen molar-refractivity contribution in [3.05, 3.63) is 59.4 Å². The third kappa shape index (κ3) is 6.71. The van der Waals surface area contributed by atoms with Gasteiger partial charge in [-0.1, -0.05) is 23.8 Å². The molecule has 2 N–H and O–H groups in total. The van der Waals surface area contributed by atoms with Gasteiger partial charge in [0.05, 0.1) is 22.5 Å². The van der Waals surface area contributed by atoms with E-state index < -0.39 is 36.2 Å². The molecule has 31 heavy (non-hydrogen) atoms. The van der Waals surface area contributed by atoms with Gasteiger partial charge in [0, 0.05) is 18.7 Å². The molecule has 1 aliphatic heterocycles. The number of benzene rings is 2. The third-order valence-electron chi connectivity index (χ3n) is 4.18. The van der Waals surface area contributed by atoms with E-state index in [4.69, 9.17) is 9.29 Å². The van der Waals surface area contributed by atoms with Gasteiger partial charge in [0.1, 0.15) is 5.82 Å². The fourth-order valence-electron chi connectivity index (χ4n) is 2.24. The molecule has 0 radical (unpaired) electrons. The number of nitrogens with one attached hydrogen (secondary N) is 1. The van der Waals surface area contributed by atoms with E-state index in [0.29, 0.717) is 19.2 Å². The lowest BCUT2D eigenvalue weighted by molar-refractivity contribution is -0.0436. The molecule has 0 bridgehead atoms. The van der Waals surface area contributed by atoms with Crippen LogP contribution in [0, 0.1) is 12.7 Å². The molecule has 1 aliphatic rings. The summed E-state index contributed by atoms with van der Waals surface area (Å²) in [5.74, 6) is -1.04. The molecule has 1 fully saturated rings. The fourth-order valence-corrected chi connectivity index (χ4v) is 3.50. The van der Waals surface area contributed by atoms with Gasteiger partial charge in [0.25, 0.3) is 20.0 Å². The van der Waals surface area contributed by atoms with E-state index in [9.17, 15) is 34.4 Å². The van der Waals surface area contributed by atoms with Gasteiger partial charge < -0.3 is 10.1 Å². The molecule has 7 nitrogen and oxygen atoms in total. The topological polar surface area (TPSA) is 110 Å². The van der Waals surface area contributed by atoms with Crippen molar-refractivity contribution >= 4 is 20.0 Å². The van der Waals surface area contributed by atoms with Gasteiger partial charge in [0.2, 0.25) is 0 Å². The predicted octanol–water partition coefficient (Wildman–Crippen LogP) is 2.85. The molecule has 0 saturated carbocycles. The quantitative estimate of drug-likeness (QED) is 0.495. The van der Waals surface area contributed by atoms with Crippen LogP contribution in [-0.4, -0.2) is 46.1 Å². The molecule has 0 aromatic heterocycles. The fraction of sp³-hybridized carbons (Fsp3) is 0.333. The maximum Gasteiger partial charge on any atom is 0.501 e. The summed E-state index contributed by atoms with van der Waals surface area (Å²) in [5, 5.41) is 2.93. The number of rotatable bonds is 5. The van der Waals surface area contributed by atoms with Gasteiger partial charge in [-0.2, -0.15) is 21.6 Å². The molecule has 2 aromatic rings. The minimum absolute atomic E-state index is 0.0121. The van der Waals surface area contributed by atoms with Crippen molar-refractivity contribution in [2.24, 2.45) is 0 Å². The Balaban J connectivity index is 0.000000262. The van der Waals surface area contributed by atoms with Gasteiger partial charge in [-0.15, -0.1) is 0 Å². The van der Waals surface area contributed by atoms with E-state index in [1.54, 1.807) is 12.1 Å². The second-order valence-electron chi connectivity index (χ2n) is 6.58. The maximum absolute atomic E-state index is 13.6. The third-order valence-corrected chi connectivity index (χ3v) is 6.53. The molecule has 2 aromatic carbocycles. The highest BCUT2D eigenvalue weighted by molar-refractivity contribution is 7.92. The highest BCUT2D eigenvalue weighted by Gasteiger charge is 2.47. The molecule has 172 valence electrons. The number of ether oxygens (including phenoxy) is 1. The van der Waals surface area contributed by atoms with Gasteiger partial charge in [0.15, 0.2) is 0 Å². The maximum atomic E-state index is 13.6. The number of hydrogen-bond acceptors (Lipinski definition) is 6. The van der Waals surface area contributed by atoms with E-state index in [0.717, 1.165) is 17.7 Å². The number of halogens is 4. The zero-order valence-electron chi connectivity index (χ0n) is 16.1. The van der Waals surface area contributed by atoms with Crippen LogP contribution in [0.2, 0.25) is 0 Å². The van der Waals surface area contributed by atoms with E-state index in [2.05, 4.69) is 5.32 Å². The lowest BCUT2D eigenvalue weighted by Crippen LogP contribution is -2.48. The summed E-state index contributed by atoms with van der Waals surface area (Å²) in [4.78, 5) is -1.18. The minimum atomic E-state index is -5.53. The zero-order valence-corrected chi connectivity index (χ0v) is 17.7. The van der Waals surface area contributed by atoms with Crippen molar-refractivity contribution in [3.63, 3.8) is 0 Å². The SMILES string of the molecule is Cc1ccc(S(=O)(=O)O)cc1.O=S(=O)(c1ccc(COC2CNC2)c(F)c1)C(F)(F)F. The Hall–Kier alpha value is -2.06. The molecule has 1 saturated heterocycles. The predicted molar refractivity (Wildman–Crippen MR) is 102 cm³/mol. The van der Waals surface area contributed by atoms with Crippen LogP contribution in [0.5, 0.6) is 0 Å². The first-order chi connectivity index (χ1) is 14.2. The van der Waals surface area contributed by atoms with E-state index in [-0.39, 0.29) is 23.2 Å². The molecule has 3 rings (SSSR count). The summed E-state index contributed by atoms with van der Waals surface area (Å²) >= 11 is 0. The lowest BCUT2D eigenvalue weighted by Gasteiger charge is -2.27. The molecule has 13 heteroatoms. The van der Waals surface area contributed by atoms with E-state index in [1.807, 2.05) is 6.92 Å². The number of alkyl halides is 3. The van der Waals surface area contributed by atoms with Crippen molar-refractivity contribution in [3.8, 4) is 0 Å². The van der Waals surface area contributed by atoms with Crippen molar-refractivity contribution in [1.82, 2.24) is 5.32 Å². The monoisotopic (exact) mass is 485 g/mol. The Kier molecular flexibility index (Phi) is 7.81. The first-order valence-corrected chi connectivity index (χ1v) is 11.6. The summed E-state index contributed by atoms with van der Waals surface area (Å²) in [5.41, 5.74) is -4.48. The molecule has 0 atom stereocenters. The Morgan fingerprint density at radius 3 is 2.00 bits per heavy atom. The molecular formula is C18H19F4NO6S2. The summed E-state index contributed by atoms with van der Waals surface area (Å²) in [6, 6.07) is 8.06. The molecule has 0 spiro atoms. The van der Waals surface area contributed by atoms with E-state index >= 15 is 0 Å². The Morgan fingerprint density at radius 1 is 1.03 bits per heavy atom. The van der Waals surface area contributed by atoms with Crippen molar-refractivity contribution in [2.45, 2.75) is 34.9 Å². The average molecular weight is 485 g/mol. The van der Waals surface area contributed by atoms with E-state index in [1.165, 1.54) is 12.1 Å². The van der Waals surface area contributed by atoms with Gasteiger partial charge in [-0.3, -0.25) is 4.55 Å². The summed E-state index contributed by atoms with van der Waals surface area (Å²) in [7, 11) is -9.55. The van der Waals surface area contributed by atoms with Crippen LogP contribution in [0.1, 0.15) is 11.1 Å². The number of sulfone groups is 1. The lowest BCUT2D eigenvalue weighted by atomic mass is 10.2. The van der Waals surface area contributed by atoms with Gasteiger partial charge in [-0.05, 0) is 31.2 Å². The summed E-state index contributed by atoms with van der Waals surface area (Å²) in [6.07, 6.45) is -0.0621. The number of aryl methyl sites for hydroxylation is 1. The molecule has 0 aliphatic carbocycles. The summed E-state index contributed by atoms with van der Waals surface area (Å²) < 4.78 is 108. The van der Waals surface area contributed by atoms with Crippen LogP contribution in [0.25, 0.3) is 0 Å².